The average molecular weight is 317 g/mol. The van der Waals surface area contributed by atoms with Gasteiger partial charge in [-0.3, -0.25) is 0 Å². The Morgan fingerprint density at radius 1 is 1.33 bits per heavy atom. The number of hydrogen-bond donors (Lipinski definition) is 1. The van der Waals surface area contributed by atoms with Crippen molar-refractivity contribution in [3.05, 3.63) is 28.6 Å². The summed E-state index contributed by atoms with van der Waals surface area (Å²) in [4.78, 5) is 15.1. The highest BCUT2D eigenvalue weighted by atomic mass is 32.2. The molecule has 4 heterocycles. The number of aromatic nitrogens is 3. The average Bonchev–Trinajstić information content (AvgIpc) is 3.10. The number of rotatable bonds is 3. The van der Waals surface area contributed by atoms with E-state index in [4.69, 9.17) is 4.74 Å². The summed E-state index contributed by atoms with van der Waals surface area (Å²) in [5.41, 5.74) is 3.14. The summed E-state index contributed by atoms with van der Waals surface area (Å²) >= 11 is 3.86. The number of thioether (sulfide) groups is 1. The first kappa shape index (κ1) is 13.2. The highest BCUT2D eigenvalue weighted by Crippen LogP contribution is 2.36. The van der Waals surface area contributed by atoms with Crippen LogP contribution in [0.5, 0.6) is 5.88 Å². The summed E-state index contributed by atoms with van der Waals surface area (Å²) in [5, 5.41) is 0. The molecular formula is C15H15N3OS2. The lowest BCUT2D eigenvalue weighted by Gasteiger charge is -2.08. The van der Waals surface area contributed by atoms with Crippen LogP contribution in [0.25, 0.3) is 21.9 Å². The van der Waals surface area contributed by atoms with Crippen molar-refractivity contribution in [3.63, 3.8) is 0 Å². The molecule has 0 radical (unpaired) electrons. The van der Waals surface area contributed by atoms with E-state index in [1.807, 2.05) is 42.2 Å². The number of hydrogen-bond acceptors (Lipinski definition) is 5. The molecule has 0 bridgehead atoms. The molecule has 0 saturated carbocycles. The largest absolute Gasteiger partial charge is 0.478 e. The second-order valence-electron chi connectivity index (χ2n) is 4.90. The topological polar surface area (TPSA) is 50.8 Å². The van der Waals surface area contributed by atoms with Crippen molar-refractivity contribution >= 4 is 34.3 Å². The zero-order valence-corrected chi connectivity index (χ0v) is 13.3. The quantitative estimate of drug-likeness (QED) is 0.796. The Hall–Kier alpha value is -1.53. The highest BCUT2D eigenvalue weighted by molar-refractivity contribution is 7.98. The number of fused-ring (bicyclic) bond motifs is 2. The minimum Gasteiger partial charge on any atom is -0.478 e. The molecule has 3 aromatic heterocycles. The number of thiophene rings is 1. The summed E-state index contributed by atoms with van der Waals surface area (Å²) in [6, 6.07) is 6.13. The van der Waals surface area contributed by atoms with Crippen LogP contribution in [-0.2, 0) is 12.2 Å². The Balaban J connectivity index is 1.74. The third kappa shape index (κ3) is 2.42. The third-order valence-corrected chi connectivity index (χ3v) is 5.73. The van der Waals surface area contributed by atoms with Crippen molar-refractivity contribution < 1.29 is 4.74 Å². The van der Waals surface area contributed by atoms with Crippen molar-refractivity contribution in [3.8, 4) is 16.6 Å². The minimum absolute atomic E-state index is 0.616. The van der Waals surface area contributed by atoms with Crippen LogP contribution in [0, 0.1) is 0 Å². The molecule has 0 aromatic carbocycles. The van der Waals surface area contributed by atoms with Gasteiger partial charge in [0.2, 0.25) is 5.88 Å². The summed E-state index contributed by atoms with van der Waals surface area (Å²) in [6.07, 6.45) is 1.18. The first-order valence-electron chi connectivity index (χ1n) is 7.03. The van der Waals surface area contributed by atoms with E-state index in [0.717, 1.165) is 22.7 Å². The van der Waals surface area contributed by atoms with Gasteiger partial charge in [-0.25, -0.2) is 4.98 Å². The van der Waals surface area contributed by atoms with Crippen LogP contribution in [0.1, 0.15) is 17.4 Å². The Labute approximate surface area is 131 Å². The number of nitrogens with zero attached hydrogens (tertiary/aromatic N) is 2. The Bertz CT molecular complexity index is 770. The Kier molecular flexibility index (Phi) is 3.35. The maximum Gasteiger partial charge on any atom is 0.215 e. The van der Waals surface area contributed by atoms with Gasteiger partial charge in [0.15, 0.2) is 11.5 Å². The molecule has 0 saturated heterocycles. The summed E-state index contributed by atoms with van der Waals surface area (Å²) in [7, 11) is 0. The van der Waals surface area contributed by atoms with E-state index in [1.54, 1.807) is 0 Å². The molecule has 4 rings (SSSR count). The van der Waals surface area contributed by atoms with Gasteiger partial charge in [-0.1, -0.05) is 0 Å². The van der Waals surface area contributed by atoms with Crippen molar-refractivity contribution in [2.24, 2.45) is 0 Å². The lowest BCUT2D eigenvalue weighted by molar-refractivity contribution is 0.328. The van der Waals surface area contributed by atoms with Crippen molar-refractivity contribution in [1.29, 1.82) is 0 Å². The smallest absolute Gasteiger partial charge is 0.215 e. The SMILES string of the molecule is CCOc1ccc2[nH]c(-c3cc4c(s3)CCSC4)nc2n1. The zero-order valence-electron chi connectivity index (χ0n) is 11.7. The lowest BCUT2D eigenvalue weighted by Crippen LogP contribution is -1.96. The molecule has 0 spiro atoms. The minimum atomic E-state index is 0.616. The monoisotopic (exact) mass is 317 g/mol. The van der Waals surface area contributed by atoms with Gasteiger partial charge in [-0.05, 0) is 36.8 Å². The number of aromatic amines is 1. The fourth-order valence-electron chi connectivity index (χ4n) is 2.48. The number of pyridine rings is 1. The van der Waals surface area contributed by atoms with Gasteiger partial charge in [-0.15, -0.1) is 11.3 Å². The molecule has 0 fully saturated rings. The lowest BCUT2D eigenvalue weighted by atomic mass is 10.2. The van der Waals surface area contributed by atoms with Crippen LogP contribution in [0.3, 0.4) is 0 Å². The Morgan fingerprint density at radius 3 is 3.14 bits per heavy atom. The number of imidazole rings is 1. The van der Waals surface area contributed by atoms with Gasteiger partial charge in [0, 0.05) is 16.7 Å². The molecule has 1 N–H and O–H groups in total. The van der Waals surface area contributed by atoms with Gasteiger partial charge >= 0.3 is 0 Å². The summed E-state index contributed by atoms with van der Waals surface area (Å²) in [5.74, 6) is 3.89. The van der Waals surface area contributed by atoms with Crippen LogP contribution < -0.4 is 4.74 Å². The van der Waals surface area contributed by atoms with Crippen LogP contribution in [0.15, 0.2) is 18.2 Å². The molecular weight excluding hydrogens is 302 g/mol. The van der Waals surface area contributed by atoms with E-state index in [9.17, 15) is 0 Å². The summed E-state index contributed by atoms with van der Waals surface area (Å²) in [6.45, 7) is 2.57. The maximum absolute atomic E-state index is 5.43. The zero-order chi connectivity index (χ0) is 14.2. The molecule has 0 unspecified atom stereocenters. The maximum atomic E-state index is 5.43. The van der Waals surface area contributed by atoms with Crippen molar-refractivity contribution in [1.82, 2.24) is 15.0 Å². The van der Waals surface area contributed by atoms with Gasteiger partial charge < -0.3 is 9.72 Å². The van der Waals surface area contributed by atoms with Crippen molar-refractivity contribution in [2.75, 3.05) is 12.4 Å². The number of nitrogens with one attached hydrogen (secondary N) is 1. The second kappa shape index (κ2) is 5.35. The van der Waals surface area contributed by atoms with Gasteiger partial charge in [-0.2, -0.15) is 16.7 Å². The van der Waals surface area contributed by atoms with Crippen LogP contribution in [-0.4, -0.2) is 27.3 Å². The normalized spacial score (nSPS) is 14.3. The van der Waals surface area contributed by atoms with Crippen LogP contribution in [0.2, 0.25) is 0 Å². The van der Waals surface area contributed by atoms with E-state index < -0.39 is 0 Å². The molecule has 0 atom stereocenters. The predicted molar refractivity (Wildman–Crippen MR) is 88.2 cm³/mol. The fourth-order valence-corrected chi connectivity index (χ4v) is 4.80. The molecule has 0 amide bonds. The number of ether oxygens (including phenoxy) is 1. The molecule has 1 aliphatic rings. The van der Waals surface area contributed by atoms with Gasteiger partial charge in [0.05, 0.1) is 17.0 Å². The standard InChI is InChI=1S/C15H15N3OS2/c1-2-19-13-4-3-10-14(17-13)18-15(16-10)12-7-9-8-20-6-5-11(9)21-12/h3-4,7H,2,5-6,8H2,1H3,(H,16,17,18). The van der Waals surface area contributed by atoms with E-state index >= 15 is 0 Å². The molecule has 1 aliphatic heterocycles. The molecule has 3 aromatic rings. The first-order valence-corrected chi connectivity index (χ1v) is 9.00. The molecule has 0 aliphatic carbocycles. The van der Waals surface area contributed by atoms with Crippen LogP contribution >= 0.6 is 23.1 Å². The van der Waals surface area contributed by atoms with E-state index in [2.05, 4.69) is 21.0 Å². The van der Waals surface area contributed by atoms with E-state index in [1.165, 1.54) is 27.5 Å². The van der Waals surface area contributed by atoms with E-state index in [-0.39, 0.29) is 0 Å². The molecule has 6 heteroatoms. The Morgan fingerprint density at radius 2 is 2.29 bits per heavy atom. The van der Waals surface area contributed by atoms with Crippen LogP contribution in [0.4, 0.5) is 0 Å². The third-order valence-electron chi connectivity index (χ3n) is 3.47. The second-order valence-corrected chi connectivity index (χ2v) is 7.14. The highest BCUT2D eigenvalue weighted by Gasteiger charge is 2.16. The summed E-state index contributed by atoms with van der Waals surface area (Å²) < 4.78 is 5.43. The predicted octanol–water partition coefficient (Wildman–Crippen LogP) is 3.87. The molecule has 4 nitrogen and oxygen atoms in total. The molecule has 108 valence electrons. The van der Waals surface area contributed by atoms with Crippen molar-refractivity contribution in [2.45, 2.75) is 19.1 Å². The van der Waals surface area contributed by atoms with E-state index in [0.29, 0.717) is 12.5 Å². The number of H-pyrrole nitrogens is 1. The first-order chi connectivity index (χ1) is 10.3. The van der Waals surface area contributed by atoms with Gasteiger partial charge in [0.25, 0.3) is 0 Å². The fraction of sp³-hybridized carbons (Fsp3) is 0.333. The van der Waals surface area contributed by atoms with Gasteiger partial charge in [0.1, 0.15) is 0 Å². The molecule has 21 heavy (non-hydrogen) atoms. The number of aryl methyl sites for hydroxylation is 1.